The number of hydrogen-bond donors (Lipinski definition) is 0. The van der Waals surface area contributed by atoms with Crippen LogP contribution in [-0.4, -0.2) is 9.97 Å². The second kappa shape index (κ2) is 4.42. The van der Waals surface area contributed by atoms with Crippen LogP contribution in [0.15, 0.2) is 15.1 Å². The van der Waals surface area contributed by atoms with Crippen LogP contribution < -0.4 is 0 Å². The molecule has 2 heterocycles. The summed E-state index contributed by atoms with van der Waals surface area (Å²) < 4.78 is 1.13. The number of thiazole rings is 2. The molecule has 5 heteroatoms. The lowest BCUT2D eigenvalue weighted by atomic mass is 10.6. The Kier molecular flexibility index (Phi) is 3.20. The van der Waals surface area contributed by atoms with E-state index in [2.05, 4.69) is 20.7 Å². The number of aromatic nitrogens is 2. The third kappa shape index (κ3) is 2.56. The summed E-state index contributed by atoms with van der Waals surface area (Å²) in [6, 6.07) is 0. The van der Waals surface area contributed by atoms with Gasteiger partial charge in [0.1, 0.15) is 4.34 Å². The van der Waals surface area contributed by atoms with Crippen LogP contribution >= 0.6 is 34.4 Å². The third-order valence-corrected chi connectivity index (χ3v) is 4.60. The predicted octanol–water partition coefficient (Wildman–Crippen LogP) is 3.51. The lowest BCUT2D eigenvalue weighted by Crippen LogP contribution is -1.80. The molecule has 0 fully saturated rings. The molecule has 0 unspecified atom stereocenters. The second-order valence-electron chi connectivity index (χ2n) is 2.90. The molecule has 0 radical (unpaired) electrons. The molecule has 0 amide bonds. The molecule has 2 aromatic rings. The third-order valence-electron chi connectivity index (χ3n) is 1.61. The molecule has 0 bridgehead atoms. The summed E-state index contributed by atoms with van der Waals surface area (Å²) in [5, 5.41) is 5.33. The zero-order chi connectivity index (χ0) is 9.97. The van der Waals surface area contributed by atoms with Gasteiger partial charge in [-0.05, 0) is 13.8 Å². The first-order valence-electron chi connectivity index (χ1n) is 4.20. The minimum Gasteiger partial charge on any atom is -0.246 e. The average Bonchev–Trinajstić information content (AvgIpc) is 2.72. The molecule has 0 atom stereocenters. The van der Waals surface area contributed by atoms with Gasteiger partial charge in [-0.1, -0.05) is 11.8 Å². The van der Waals surface area contributed by atoms with Crippen LogP contribution in [0.1, 0.15) is 16.4 Å². The second-order valence-corrected chi connectivity index (χ2v) is 6.04. The van der Waals surface area contributed by atoms with Gasteiger partial charge in [-0.3, -0.25) is 0 Å². The maximum absolute atomic E-state index is 4.41. The molecule has 14 heavy (non-hydrogen) atoms. The van der Waals surface area contributed by atoms with Crippen molar-refractivity contribution in [3.05, 3.63) is 27.2 Å². The maximum Gasteiger partial charge on any atom is 0.150 e. The van der Waals surface area contributed by atoms with Gasteiger partial charge in [0.2, 0.25) is 0 Å². The summed E-state index contributed by atoms with van der Waals surface area (Å²) in [5.41, 5.74) is 2.26. The van der Waals surface area contributed by atoms with Gasteiger partial charge >= 0.3 is 0 Å². The first-order valence-corrected chi connectivity index (χ1v) is 6.94. The van der Waals surface area contributed by atoms with Gasteiger partial charge in [0, 0.05) is 22.2 Å². The van der Waals surface area contributed by atoms with Crippen molar-refractivity contribution in [2.24, 2.45) is 0 Å². The van der Waals surface area contributed by atoms with Crippen LogP contribution in [0.3, 0.4) is 0 Å². The van der Waals surface area contributed by atoms with E-state index in [1.165, 1.54) is 0 Å². The standard InChI is InChI=1S/C9H10N2S3/c1-6-3-13-9(10-6)14-5-8-4-12-7(2)11-8/h3-4H,5H2,1-2H3. The van der Waals surface area contributed by atoms with Gasteiger partial charge < -0.3 is 0 Å². The summed E-state index contributed by atoms with van der Waals surface area (Å²) in [6.07, 6.45) is 0. The van der Waals surface area contributed by atoms with E-state index in [1.54, 1.807) is 34.4 Å². The Morgan fingerprint density at radius 2 is 2.07 bits per heavy atom. The van der Waals surface area contributed by atoms with Crippen molar-refractivity contribution in [1.29, 1.82) is 0 Å². The SMILES string of the molecule is Cc1csc(SCc2csc(C)n2)n1. The maximum atomic E-state index is 4.41. The first kappa shape index (κ1) is 10.1. The lowest BCUT2D eigenvalue weighted by Gasteiger charge is -1.92. The van der Waals surface area contributed by atoms with E-state index >= 15 is 0 Å². The Morgan fingerprint density at radius 1 is 1.21 bits per heavy atom. The molecule has 0 N–H and O–H groups in total. The molecular formula is C9H10N2S3. The van der Waals surface area contributed by atoms with E-state index in [1.807, 2.05) is 13.8 Å². The summed E-state index contributed by atoms with van der Waals surface area (Å²) in [7, 11) is 0. The normalized spacial score (nSPS) is 10.7. The summed E-state index contributed by atoms with van der Waals surface area (Å²) in [4.78, 5) is 8.80. The van der Waals surface area contributed by atoms with Crippen LogP contribution in [0.2, 0.25) is 0 Å². The molecule has 0 saturated heterocycles. The minimum atomic E-state index is 0.928. The van der Waals surface area contributed by atoms with Crippen molar-refractivity contribution < 1.29 is 0 Å². The molecule has 2 aromatic heterocycles. The molecule has 0 aliphatic carbocycles. The molecule has 0 spiro atoms. The highest BCUT2D eigenvalue weighted by molar-refractivity contribution is 8.00. The topological polar surface area (TPSA) is 25.8 Å². The van der Waals surface area contributed by atoms with Gasteiger partial charge in [0.15, 0.2) is 0 Å². The predicted molar refractivity (Wildman–Crippen MR) is 63.3 cm³/mol. The van der Waals surface area contributed by atoms with Crippen molar-refractivity contribution >= 4 is 34.4 Å². The van der Waals surface area contributed by atoms with Crippen molar-refractivity contribution in [2.75, 3.05) is 0 Å². The van der Waals surface area contributed by atoms with Gasteiger partial charge in [0.25, 0.3) is 0 Å². The van der Waals surface area contributed by atoms with Gasteiger partial charge in [-0.15, -0.1) is 22.7 Å². The summed E-state index contributed by atoms with van der Waals surface area (Å²) in [6.45, 7) is 4.06. The fourth-order valence-corrected chi connectivity index (χ4v) is 3.47. The quantitative estimate of drug-likeness (QED) is 0.770. The lowest BCUT2D eigenvalue weighted by molar-refractivity contribution is 1.14. The number of hydrogen-bond acceptors (Lipinski definition) is 5. The molecule has 0 aliphatic heterocycles. The molecule has 74 valence electrons. The largest absolute Gasteiger partial charge is 0.246 e. The Morgan fingerprint density at radius 3 is 2.64 bits per heavy atom. The van der Waals surface area contributed by atoms with E-state index in [-0.39, 0.29) is 0 Å². The van der Waals surface area contributed by atoms with E-state index in [0.717, 1.165) is 26.5 Å². The first-order chi connectivity index (χ1) is 6.74. The van der Waals surface area contributed by atoms with Crippen LogP contribution in [0, 0.1) is 13.8 Å². The van der Waals surface area contributed by atoms with Gasteiger partial charge in [-0.25, -0.2) is 9.97 Å². The van der Waals surface area contributed by atoms with Gasteiger partial charge in [-0.2, -0.15) is 0 Å². The van der Waals surface area contributed by atoms with Crippen molar-refractivity contribution in [2.45, 2.75) is 23.9 Å². The fourth-order valence-electron chi connectivity index (χ4n) is 1.01. The number of nitrogens with zero attached hydrogens (tertiary/aromatic N) is 2. The Hall–Kier alpha value is -0.390. The summed E-state index contributed by atoms with van der Waals surface area (Å²) in [5.74, 6) is 0.928. The Balaban J connectivity index is 1.94. The van der Waals surface area contributed by atoms with Crippen molar-refractivity contribution in [1.82, 2.24) is 9.97 Å². The highest BCUT2D eigenvalue weighted by Gasteiger charge is 2.02. The van der Waals surface area contributed by atoms with Crippen LogP contribution in [0.4, 0.5) is 0 Å². The summed E-state index contributed by atoms with van der Waals surface area (Å²) >= 11 is 5.17. The van der Waals surface area contributed by atoms with Crippen LogP contribution in [-0.2, 0) is 5.75 Å². The monoisotopic (exact) mass is 242 g/mol. The smallest absolute Gasteiger partial charge is 0.150 e. The highest BCUT2D eigenvalue weighted by Crippen LogP contribution is 2.26. The molecule has 2 rings (SSSR count). The highest BCUT2D eigenvalue weighted by atomic mass is 32.2. The molecule has 0 aliphatic rings. The van der Waals surface area contributed by atoms with Gasteiger partial charge in [0.05, 0.1) is 10.7 Å². The van der Waals surface area contributed by atoms with E-state index in [0.29, 0.717) is 0 Å². The average molecular weight is 242 g/mol. The zero-order valence-electron chi connectivity index (χ0n) is 7.98. The molecular weight excluding hydrogens is 232 g/mol. The number of aryl methyl sites for hydroxylation is 2. The minimum absolute atomic E-state index is 0.928. The molecule has 2 nitrogen and oxygen atoms in total. The van der Waals surface area contributed by atoms with E-state index < -0.39 is 0 Å². The van der Waals surface area contributed by atoms with E-state index in [9.17, 15) is 0 Å². The number of rotatable bonds is 3. The van der Waals surface area contributed by atoms with Crippen LogP contribution in [0.5, 0.6) is 0 Å². The number of thioether (sulfide) groups is 1. The van der Waals surface area contributed by atoms with E-state index in [4.69, 9.17) is 0 Å². The van der Waals surface area contributed by atoms with Crippen molar-refractivity contribution in [3.63, 3.8) is 0 Å². The Labute approximate surface area is 95.4 Å². The van der Waals surface area contributed by atoms with Crippen LogP contribution in [0.25, 0.3) is 0 Å². The van der Waals surface area contributed by atoms with Crippen molar-refractivity contribution in [3.8, 4) is 0 Å². The zero-order valence-corrected chi connectivity index (χ0v) is 10.4. The fraction of sp³-hybridized carbons (Fsp3) is 0.333. The molecule has 0 aromatic carbocycles. The Bertz CT molecular complexity index is 379. The molecule has 0 saturated carbocycles.